The first-order valence-corrected chi connectivity index (χ1v) is 2.56. The van der Waals surface area contributed by atoms with E-state index in [-0.39, 0.29) is 5.56 Å². The maximum absolute atomic E-state index is 12.2. The fourth-order valence-corrected chi connectivity index (χ4v) is 0.535. The van der Waals surface area contributed by atoms with Crippen LogP contribution in [0.2, 0.25) is 0 Å². The van der Waals surface area contributed by atoms with Crippen LogP contribution in [-0.4, -0.2) is 6.29 Å². The van der Waals surface area contributed by atoms with Crippen molar-refractivity contribution in [2.75, 3.05) is 0 Å². The van der Waals surface area contributed by atoms with Crippen molar-refractivity contribution in [3.8, 4) is 0 Å². The third-order valence-electron chi connectivity index (χ3n) is 1.00. The molecule has 1 aromatic carbocycles. The number of hydrogen-bond donors (Lipinski definition) is 0. The number of halogens is 2. The molecule has 0 fully saturated rings. The molecule has 0 aliphatic carbocycles. The van der Waals surface area contributed by atoms with Gasteiger partial charge in [0, 0.05) is 11.6 Å². The summed E-state index contributed by atoms with van der Waals surface area (Å²) in [5.41, 5.74) is 0.0823. The van der Waals surface area contributed by atoms with E-state index in [1.165, 1.54) is 0 Å². The number of hydrogen-bond acceptors (Lipinski definition) is 1. The summed E-state index contributed by atoms with van der Waals surface area (Å²) in [5, 5.41) is 0. The molecule has 0 atom stereocenters. The van der Waals surface area contributed by atoms with Crippen LogP contribution in [0.3, 0.4) is 0 Å². The second-order valence-corrected chi connectivity index (χ2v) is 1.71. The Kier molecular flexibility index (Phi) is 1.76. The summed E-state index contributed by atoms with van der Waals surface area (Å²) >= 11 is 0. The Morgan fingerprint density at radius 2 is 2.20 bits per heavy atom. The van der Waals surface area contributed by atoms with Crippen LogP contribution in [0.4, 0.5) is 8.78 Å². The van der Waals surface area contributed by atoms with E-state index in [4.69, 9.17) is 0 Å². The van der Waals surface area contributed by atoms with Crippen molar-refractivity contribution in [2.45, 2.75) is 0 Å². The van der Waals surface area contributed by atoms with Gasteiger partial charge in [0.1, 0.15) is 6.29 Å². The van der Waals surface area contributed by atoms with Crippen LogP contribution in [-0.2, 0) is 0 Å². The molecule has 1 aromatic rings. The first-order valence-electron chi connectivity index (χ1n) is 2.56. The van der Waals surface area contributed by atoms with E-state index in [0.717, 1.165) is 12.1 Å². The number of rotatable bonds is 1. The molecular formula is C7H3F2O. The second kappa shape index (κ2) is 2.56. The zero-order valence-corrected chi connectivity index (χ0v) is 4.90. The van der Waals surface area contributed by atoms with Gasteiger partial charge < -0.3 is 0 Å². The van der Waals surface area contributed by atoms with Crippen molar-refractivity contribution < 1.29 is 13.6 Å². The highest BCUT2D eigenvalue weighted by atomic mass is 19.2. The van der Waals surface area contributed by atoms with Crippen molar-refractivity contribution in [2.24, 2.45) is 0 Å². The lowest BCUT2D eigenvalue weighted by Crippen LogP contribution is -1.86. The van der Waals surface area contributed by atoms with Crippen LogP contribution in [0.5, 0.6) is 0 Å². The molecule has 1 radical (unpaired) electrons. The Bertz CT molecular complexity index is 258. The van der Waals surface area contributed by atoms with E-state index in [0.29, 0.717) is 6.29 Å². The van der Waals surface area contributed by atoms with Gasteiger partial charge in [0.25, 0.3) is 0 Å². The second-order valence-electron chi connectivity index (χ2n) is 1.71. The number of aldehydes is 1. The van der Waals surface area contributed by atoms with E-state index in [9.17, 15) is 13.6 Å². The van der Waals surface area contributed by atoms with Gasteiger partial charge in [0.2, 0.25) is 0 Å². The zero-order chi connectivity index (χ0) is 7.56. The Morgan fingerprint density at radius 3 is 2.70 bits per heavy atom. The standard InChI is InChI=1S/C7H3F2O/c8-6-2-1-5(4-10)3-7(6)9/h1,3-4H. The Morgan fingerprint density at radius 1 is 1.50 bits per heavy atom. The van der Waals surface area contributed by atoms with Crippen LogP contribution in [0, 0.1) is 17.7 Å². The molecule has 0 aliphatic heterocycles. The van der Waals surface area contributed by atoms with Crippen LogP contribution in [0.25, 0.3) is 0 Å². The van der Waals surface area contributed by atoms with E-state index >= 15 is 0 Å². The molecule has 0 saturated carbocycles. The van der Waals surface area contributed by atoms with Crippen molar-refractivity contribution in [1.82, 2.24) is 0 Å². The summed E-state index contributed by atoms with van der Waals surface area (Å²) in [6.45, 7) is 0. The Balaban J connectivity index is 3.16. The summed E-state index contributed by atoms with van der Waals surface area (Å²) in [6.07, 6.45) is 0.430. The van der Waals surface area contributed by atoms with Gasteiger partial charge in [-0.1, -0.05) is 0 Å². The summed E-state index contributed by atoms with van der Waals surface area (Å²) in [4.78, 5) is 9.96. The molecule has 10 heavy (non-hydrogen) atoms. The molecule has 1 nitrogen and oxygen atoms in total. The molecule has 0 amide bonds. The lowest BCUT2D eigenvalue weighted by Gasteiger charge is -1.90. The molecule has 0 aromatic heterocycles. The SMILES string of the molecule is O=Cc1c[c]c(F)c(F)c1. The fourth-order valence-electron chi connectivity index (χ4n) is 0.535. The molecule has 0 spiro atoms. The topological polar surface area (TPSA) is 17.1 Å². The molecule has 1 rings (SSSR count). The van der Waals surface area contributed by atoms with Gasteiger partial charge in [-0.15, -0.1) is 0 Å². The maximum atomic E-state index is 12.2. The normalized spacial score (nSPS) is 9.40. The first kappa shape index (κ1) is 6.86. The van der Waals surface area contributed by atoms with Gasteiger partial charge in [-0.2, -0.15) is 0 Å². The highest BCUT2D eigenvalue weighted by Gasteiger charge is 2.00. The molecule has 0 aliphatic rings. The van der Waals surface area contributed by atoms with E-state index in [2.05, 4.69) is 0 Å². The monoisotopic (exact) mass is 141 g/mol. The zero-order valence-electron chi connectivity index (χ0n) is 4.90. The summed E-state index contributed by atoms with van der Waals surface area (Å²) in [5.74, 6) is -2.12. The quantitative estimate of drug-likeness (QED) is 0.542. The van der Waals surface area contributed by atoms with Gasteiger partial charge in [-0.3, -0.25) is 4.79 Å². The third kappa shape index (κ3) is 1.18. The van der Waals surface area contributed by atoms with Gasteiger partial charge in [-0.25, -0.2) is 8.78 Å². The maximum Gasteiger partial charge on any atom is 0.166 e. The third-order valence-corrected chi connectivity index (χ3v) is 1.00. The summed E-state index contributed by atoms with van der Waals surface area (Å²) in [7, 11) is 0. The molecule has 0 heterocycles. The molecule has 0 unspecified atom stereocenters. The largest absolute Gasteiger partial charge is 0.298 e. The first-order chi connectivity index (χ1) is 4.74. The lowest BCUT2D eigenvalue weighted by molar-refractivity contribution is 0.112. The average Bonchev–Trinajstić information content (AvgIpc) is 1.95. The Hall–Kier alpha value is -1.25. The summed E-state index contributed by atoms with van der Waals surface area (Å²) in [6, 6.07) is 3.85. The van der Waals surface area contributed by atoms with Gasteiger partial charge in [0.05, 0.1) is 0 Å². The van der Waals surface area contributed by atoms with E-state index in [1.54, 1.807) is 0 Å². The Labute approximate surface area is 56.3 Å². The average molecular weight is 141 g/mol. The van der Waals surface area contributed by atoms with Gasteiger partial charge in [-0.05, 0) is 12.1 Å². The number of carbonyl (C=O) groups is 1. The minimum absolute atomic E-state index is 0.0823. The van der Waals surface area contributed by atoms with Crippen molar-refractivity contribution in [3.05, 3.63) is 35.4 Å². The minimum atomic E-state index is -1.06. The van der Waals surface area contributed by atoms with Gasteiger partial charge in [0.15, 0.2) is 11.6 Å². The van der Waals surface area contributed by atoms with Crippen LogP contribution >= 0.6 is 0 Å². The number of benzene rings is 1. The van der Waals surface area contributed by atoms with Crippen LogP contribution in [0.15, 0.2) is 12.1 Å². The van der Waals surface area contributed by atoms with Crippen molar-refractivity contribution >= 4 is 6.29 Å². The summed E-state index contributed by atoms with van der Waals surface area (Å²) < 4.78 is 24.3. The van der Waals surface area contributed by atoms with Crippen molar-refractivity contribution in [1.29, 1.82) is 0 Å². The minimum Gasteiger partial charge on any atom is -0.298 e. The fraction of sp³-hybridized carbons (Fsp3) is 0. The molecule has 0 saturated heterocycles. The van der Waals surface area contributed by atoms with Crippen LogP contribution in [0.1, 0.15) is 10.4 Å². The molecule has 0 bridgehead atoms. The number of carbonyl (C=O) groups excluding carboxylic acids is 1. The molecule has 51 valence electrons. The highest BCUT2D eigenvalue weighted by molar-refractivity contribution is 5.74. The van der Waals surface area contributed by atoms with Crippen LogP contribution < -0.4 is 0 Å². The highest BCUT2D eigenvalue weighted by Crippen LogP contribution is 2.05. The van der Waals surface area contributed by atoms with E-state index in [1.807, 2.05) is 6.07 Å². The van der Waals surface area contributed by atoms with Gasteiger partial charge >= 0.3 is 0 Å². The van der Waals surface area contributed by atoms with E-state index < -0.39 is 11.6 Å². The smallest absolute Gasteiger partial charge is 0.166 e. The molecular weight excluding hydrogens is 138 g/mol. The predicted molar refractivity (Wildman–Crippen MR) is 30.6 cm³/mol. The van der Waals surface area contributed by atoms with Crippen molar-refractivity contribution in [3.63, 3.8) is 0 Å². The lowest BCUT2D eigenvalue weighted by atomic mass is 10.2. The molecule has 3 heteroatoms. The predicted octanol–water partition coefficient (Wildman–Crippen LogP) is 1.58. The molecule has 0 N–H and O–H groups in total.